The Kier molecular flexibility index (Phi) is 3.07. The van der Waals surface area contributed by atoms with Gasteiger partial charge in [-0.15, -0.1) is 0 Å². The summed E-state index contributed by atoms with van der Waals surface area (Å²) in [6, 6.07) is 4.04. The number of fused-ring (bicyclic) bond motifs is 1. The van der Waals surface area contributed by atoms with Crippen molar-refractivity contribution in [2.24, 2.45) is 5.41 Å². The largest absolute Gasteiger partial charge is 0.342 e. The Morgan fingerprint density at radius 1 is 1.19 bits per heavy atom. The lowest BCUT2D eigenvalue weighted by Gasteiger charge is -2.43. The van der Waals surface area contributed by atoms with Crippen LogP contribution in [0.15, 0.2) is 35.8 Å². The zero-order chi connectivity index (χ0) is 18.1. The highest BCUT2D eigenvalue weighted by Gasteiger charge is 2.51. The van der Waals surface area contributed by atoms with E-state index in [1.165, 1.54) is 18.5 Å². The highest BCUT2D eigenvalue weighted by Crippen LogP contribution is 2.55. The summed E-state index contributed by atoms with van der Waals surface area (Å²) in [4.78, 5) is 17.7. The van der Waals surface area contributed by atoms with Crippen LogP contribution in [-0.2, 0) is 10.2 Å². The molecule has 3 heterocycles. The second-order valence-electron chi connectivity index (χ2n) is 8.92. The van der Waals surface area contributed by atoms with Crippen LogP contribution in [-0.4, -0.2) is 21.0 Å². The molecule has 2 N–H and O–H groups in total. The minimum absolute atomic E-state index is 0.0358. The second kappa shape index (κ2) is 5.06. The molecule has 1 unspecified atom stereocenters. The van der Waals surface area contributed by atoms with Crippen molar-refractivity contribution in [1.82, 2.24) is 15.2 Å². The van der Waals surface area contributed by atoms with Gasteiger partial charge in [0.25, 0.3) is 0 Å². The Balaban J connectivity index is 1.79. The predicted octanol–water partition coefficient (Wildman–Crippen LogP) is 4.06. The van der Waals surface area contributed by atoms with Crippen molar-refractivity contribution < 1.29 is 4.79 Å². The zero-order valence-electron chi connectivity index (χ0n) is 15.5. The molecule has 0 aromatic carbocycles. The quantitative estimate of drug-likeness (QED) is 0.859. The van der Waals surface area contributed by atoms with E-state index in [0.717, 1.165) is 34.6 Å². The lowest BCUT2D eigenvalue weighted by molar-refractivity contribution is -0.118. The normalized spacial score (nSPS) is 27.0. The smallest absolute Gasteiger partial charge is 0.162 e. The fraction of sp³-hybridized carbons (Fsp3) is 0.476. The first-order chi connectivity index (χ1) is 12.4. The maximum atomic E-state index is 13.3. The van der Waals surface area contributed by atoms with E-state index in [1.807, 2.05) is 12.3 Å². The summed E-state index contributed by atoms with van der Waals surface area (Å²) in [5.41, 5.74) is 4.77. The monoisotopic (exact) mass is 348 g/mol. The first kappa shape index (κ1) is 15.8. The number of rotatable bonds is 2. The zero-order valence-corrected chi connectivity index (χ0v) is 15.5. The molecule has 5 nitrogen and oxygen atoms in total. The first-order valence-electron chi connectivity index (χ1n) is 9.43. The third kappa shape index (κ3) is 2.12. The van der Waals surface area contributed by atoms with Crippen molar-refractivity contribution in [2.45, 2.75) is 57.8 Å². The number of carbonyl (C=O) groups excluding carboxylic acids is 1. The third-order valence-electron chi connectivity index (χ3n) is 6.16. The lowest BCUT2D eigenvalue weighted by atomic mass is 9.61. The van der Waals surface area contributed by atoms with Gasteiger partial charge in [-0.05, 0) is 43.2 Å². The summed E-state index contributed by atoms with van der Waals surface area (Å²) < 4.78 is 0. The van der Waals surface area contributed by atoms with Crippen LogP contribution in [0, 0.1) is 5.41 Å². The van der Waals surface area contributed by atoms with E-state index in [2.05, 4.69) is 47.3 Å². The van der Waals surface area contributed by atoms with Gasteiger partial charge in [-0.2, -0.15) is 5.10 Å². The van der Waals surface area contributed by atoms with Gasteiger partial charge in [0.15, 0.2) is 11.6 Å². The van der Waals surface area contributed by atoms with Gasteiger partial charge in [0.2, 0.25) is 0 Å². The minimum atomic E-state index is -0.511. The van der Waals surface area contributed by atoms with Gasteiger partial charge in [-0.25, -0.2) is 0 Å². The molecule has 0 saturated heterocycles. The maximum Gasteiger partial charge on any atom is 0.162 e. The van der Waals surface area contributed by atoms with Crippen LogP contribution in [0.1, 0.15) is 69.2 Å². The minimum Gasteiger partial charge on any atom is -0.342 e. The van der Waals surface area contributed by atoms with E-state index in [1.54, 1.807) is 6.20 Å². The number of ketones is 1. The number of nitrogens with one attached hydrogen (secondary N) is 2. The van der Waals surface area contributed by atoms with Crippen LogP contribution in [0.25, 0.3) is 0 Å². The van der Waals surface area contributed by atoms with Crippen molar-refractivity contribution in [3.63, 3.8) is 0 Å². The summed E-state index contributed by atoms with van der Waals surface area (Å²) in [7, 11) is 0. The predicted molar refractivity (Wildman–Crippen MR) is 99.9 cm³/mol. The standard InChI is InChI=1S/C21H24N4O/c1-20(2)9-14-16(15(26)10-20)21(3,13-5-4-8-22-11-13)17-18(12-6-7-12)24-25-19(17)23-14/h4-5,8,11-12H,6-7,9-10H2,1-3H3,(H2,23,24,25). The van der Waals surface area contributed by atoms with Gasteiger partial charge in [-0.1, -0.05) is 19.9 Å². The van der Waals surface area contributed by atoms with Gasteiger partial charge in [0, 0.05) is 47.3 Å². The fourth-order valence-electron chi connectivity index (χ4n) is 4.84. The van der Waals surface area contributed by atoms with Crippen LogP contribution < -0.4 is 5.32 Å². The Bertz CT molecular complexity index is 936. The van der Waals surface area contributed by atoms with E-state index in [9.17, 15) is 4.79 Å². The lowest BCUT2D eigenvalue weighted by Crippen LogP contribution is -2.42. The van der Waals surface area contributed by atoms with E-state index in [-0.39, 0.29) is 11.2 Å². The number of allylic oxidation sites excluding steroid dienone is 2. The molecule has 1 aliphatic heterocycles. The topological polar surface area (TPSA) is 70.7 Å². The van der Waals surface area contributed by atoms with Crippen LogP contribution in [0.3, 0.4) is 0 Å². The molecular formula is C21H24N4O. The van der Waals surface area contributed by atoms with Crippen molar-refractivity contribution >= 4 is 11.6 Å². The highest BCUT2D eigenvalue weighted by atomic mass is 16.1. The van der Waals surface area contributed by atoms with Crippen molar-refractivity contribution in [1.29, 1.82) is 0 Å². The molecule has 1 fully saturated rings. The van der Waals surface area contributed by atoms with Gasteiger partial charge in [-0.3, -0.25) is 14.9 Å². The molecule has 5 heteroatoms. The summed E-state index contributed by atoms with van der Waals surface area (Å²) in [5, 5.41) is 11.4. The summed E-state index contributed by atoms with van der Waals surface area (Å²) in [6.45, 7) is 6.50. The molecule has 0 radical (unpaired) electrons. The molecule has 26 heavy (non-hydrogen) atoms. The number of carbonyl (C=O) groups is 1. The molecule has 0 spiro atoms. The van der Waals surface area contributed by atoms with Crippen molar-refractivity contribution in [3.8, 4) is 0 Å². The number of hydrogen-bond donors (Lipinski definition) is 2. The number of anilines is 1. The van der Waals surface area contributed by atoms with Gasteiger partial charge < -0.3 is 5.32 Å². The maximum absolute atomic E-state index is 13.3. The Morgan fingerprint density at radius 2 is 2.00 bits per heavy atom. The van der Waals surface area contributed by atoms with E-state index < -0.39 is 5.41 Å². The average Bonchev–Trinajstić information content (AvgIpc) is 3.34. The van der Waals surface area contributed by atoms with Crippen LogP contribution in [0.4, 0.5) is 5.82 Å². The molecule has 5 rings (SSSR count). The number of aromatic nitrogens is 3. The van der Waals surface area contributed by atoms with Crippen molar-refractivity contribution in [2.75, 3.05) is 5.32 Å². The third-order valence-corrected chi connectivity index (χ3v) is 6.16. The molecule has 2 aromatic heterocycles. The van der Waals surface area contributed by atoms with Gasteiger partial charge in [0.05, 0.1) is 5.41 Å². The van der Waals surface area contributed by atoms with Gasteiger partial charge in [0.1, 0.15) is 0 Å². The highest BCUT2D eigenvalue weighted by molar-refractivity contribution is 6.03. The molecule has 0 bridgehead atoms. The van der Waals surface area contributed by atoms with Crippen LogP contribution in [0.5, 0.6) is 0 Å². The molecule has 134 valence electrons. The Hall–Kier alpha value is -2.43. The summed E-state index contributed by atoms with van der Waals surface area (Å²) in [6.07, 6.45) is 7.49. The molecule has 0 amide bonds. The van der Waals surface area contributed by atoms with Crippen LogP contribution >= 0.6 is 0 Å². The molecule has 1 atom stereocenters. The number of aromatic amines is 1. The summed E-state index contributed by atoms with van der Waals surface area (Å²) in [5.74, 6) is 1.65. The number of H-pyrrole nitrogens is 1. The number of hydrogen-bond acceptors (Lipinski definition) is 4. The molecular weight excluding hydrogens is 324 g/mol. The summed E-state index contributed by atoms with van der Waals surface area (Å²) >= 11 is 0. The number of pyridine rings is 1. The first-order valence-corrected chi connectivity index (χ1v) is 9.43. The van der Waals surface area contributed by atoms with Crippen LogP contribution in [0.2, 0.25) is 0 Å². The SMILES string of the molecule is CC1(C)CC(=O)C2=C(C1)Nc1n[nH]c(C3CC3)c1C2(C)c1cccnc1. The molecule has 1 saturated carbocycles. The van der Waals surface area contributed by atoms with Crippen molar-refractivity contribution in [3.05, 3.63) is 52.6 Å². The second-order valence-corrected chi connectivity index (χ2v) is 8.92. The Labute approximate surface area is 153 Å². The fourth-order valence-corrected chi connectivity index (χ4v) is 4.84. The molecule has 3 aliphatic rings. The van der Waals surface area contributed by atoms with Gasteiger partial charge >= 0.3 is 0 Å². The van der Waals surface area contributed by atoms with E-state index >= 15 is 0 Å². The number of Topliss-reactive ketones (excluding diaryl/α,β-unsaturated/α-hetero) is 1. The van der Waals surface area contributed by atoms with E-state index in [4.69, 9.17) is 0 Å². The average molecular weight is 348 g/mol. The number of nitrogens with zero attached hydrogens (tertiary/aromatic N) is 2. The van der Waals surface area contributed by atoms with E-state index in [0.29, 0.717) is 12.3 Å². The molecule has 2 aliphatic carbocycles. The molecule has 2 aromatic rings. The Morgan fingerprint density at radius 3 is 2.69 bits per heavy atom.